The second kappa shape index (κ2) is 59.2. The number of nitrogens with one attached hydrogen (secondary N) is 1. The first-order valence-corrected chi connectivity index (χ1v) is 31.2. The third-order valence-corrected chi connectivity index (χ3v) is 14.0. The van der Waals surface area contributed by atoms with E-state index in [1.54, 1.807) is 0 Å². The van der Waals surface area contributed by atoms with Gasteiger partial charge in [-0.15, -0.1) is 0 Å². The van der Waals surface area contributed by atoms with Gasteiger partial charge in [0.15, 0.2) is 0 Å². The molecule has 0 aliphatic heterocycles. The fourth-order valence-corrected chi connectivity index (χ4v) is 9.34. The number of amides is 1. The summed E-state index contributed by atoms with van der Waals surface area (Å²) in [4.78, 5) is 26.4. The number of hydrogen-bond donors (Lipinski definition) is 3. The van der Waals surface area contributed by atoms with Crippen LogP contribution in [0.1, 0.15) is 310 Å². The Bertz CT molecular complexity index is 1310. The van der Waals surface area contributed by atoms with Gasteiger partial charge >= 0.3 is 5.97 Å². The molecular formula is C66H119NO5. The second-order valence-corrected chi connectivity index (χ2v) is 21.1. The largest absolute Gasteiger partial charge is 0.462 e. The van der Waals surface area contributed by atoms with Crippen molar-refractivity contribution in [1.82, 2.24) is 5.32 Å². The van der Waals surface area contributed by atoms with E-state index in [1.165, 1.54) is 180 Å². The molecule has 6 nitrogen and oxygen atoms in total. The molecule has 0 heterocycles. The van der Waals surface area contributed by atoms with Crippen molar-refractivity contribution in [2.24, 2.45) is 0 Å². The number of ether oxygens (including phenoxy) is 1. The van der Waals surface area contributed by atoms with Crippen molar-refractivity contribution in [3.8, 4) is 0 Å². The van der Waals surface area contributed by atoms with Crippen molar-refractivity contribution in [3.05, 3.63) is 72.9 Å². The zero-order valence-corrected chi connectivity index (χ0v) is 47.8. The van der Waals surface area contributed by atoms with Gasteiger partial charge in [-0.2, -0.15) is 0 Å². The summed E-state index contributed by atoms with van der Waals surface area (Å²) in [7, 11) is 0. The molecule has 3 N–H and O–H groups in total. The molecule has 0 spiro atoms. The minimum Gasteiger partial charge on any atom is -0.462 e. The van der Waals surface area contributed by atoms with Crippen LogP contribution < -0.4 is 5.32 Å². The summed E-state index contributed by atoms with van der Waals surface area (Å²) < 4.78 is 5.95. The van der Waals surface area contributed by atoms with E-state index in [4.69, 9.17) is 4.74 Å². The molecule has 0 saturated heterocycles. The van der Waals surface area contributed by atoms with E-state index in [0.717, 1.165) is 83.5 Å². The first-order chi connectivity index (χ1) is 35.5. The standard InChI is InChI=1S/C66H119NO5/c1-4-7-10-13-16-19-22-25-28-31-32-35-38-41-44-47-50-53-56-59-66(71)72-62(57-54-51-48-45-42-39-36-33-29-26-23-20-17-14-11-8-5-2)60-65(70)67-63(61-68)64(69)58-55-52-49-46-43-40-37-34-30-27-24-21-18-15-12-9-6-3/h8,11,17,20,25-26,28-29,36,39,45,48,62-64,68-69H,4-7,9-10,12-16,18-19,21-24,27,30-35,37-38,40-44,46-47,49-61H2,1-3H3,(H,67,70)/b11-8-,20-17-,28-25+,29-26-,39-36-,48-45-. The fraction of sp³-hybridized carbons (Fsp3) is 0.788. The monoisotopic (exact) mass is 1010 g/mol. The van der Waals surface area contributed by atoms with Crippen LogP contribution in [0.4, 0.5) is 0 Å². The Kier molecular flexibility index (Phi) is 57.0. The molecule has 0 aromatic rings. The SMILES string of the molecule is CC/C=C\C/C=C\C/C=C\C/C=C\C/C=C\CCCC(CC(=O)NC(CO)C(O)CCCCCCCCCCCCCCCCCCC)OC(=O)CCCCCCCCCCC/C=C/CCCCCCCC. The van der Waals surface area contributed by atoms with Crippen LogP contribution in [0.5, 0.6) is 0 Å². The molecule has 0 aliphatic rings. The Morgan fingerprint density at radius 1 is 0.417 bits per heavy atom. The van der Waals surface area contributed by atoms with Crippen LogP contribution in [0.25, 0.3) is 0 Å². The molecule has 0 fully saturated rings. The third kappa shape index (κ3) is 53.6. The number of rotatable bonds is 56. The lowest BCUT2D eigenvalue weighted by molar-refractivity contribution is -0.151. The number of carbonyl (C=O) groups is 2. The summed E-state index contributed by atoms with van der Waals surface area (Å²) >= 11 is 0. The number of unbranched alkanes of at least 4 members (excludes halogenated alkanes) is 32. The minimum absolute atomic E-state index is 0.0369. The van der Waals surface area contributed by atoms with Gasteiger partial charge in [0.1, 0.15) is 6.10 Å². The molecule has 6 heteroatoms. The fourth-order valence-electron chi connectivity index (χ4n) is 9.34. The topological polar surface area (TPSA) is 95.9 Å². The van der Waals surface area contributed by atoms with E-state index >= 15 is 0 Å². The number of carbonyl (C=O) groups excluding carboxylic acids is 2. The number of aliphatic hydroxyl groups excluding tert-OH is 2. The first kappa shape index (κ1) is 69.3. The molecule has 1 amide bonds. The summed E-state index contributed by atoms with van der Waals surface area (Å²) in [6.45, 7) is 6.39. The maximum atomic E-state index is 13.3. The van der Waals surface area contributed by atoms with Crippen molar-refractivity contribution < 1.29 is 24.5 Å². The zero-order chi connectivity index (χ0) is 52.3. The van der Waals surface area contributed by atoms with Crippen molar-refractivity contribution in [1.29, 1.82) is 0 Å². The number of hydrogen-bond acceptors (Lipinski definition) is 5. The minimum atomic E-state index is -0.807. The highest BCUT2D eigenvalue weighted by Gasteiger charge is 2.24. The van der Waals surface area contributed by atoms with Gasteiger partial charge in [0.05, 0.1) is 25.2 Å². The van der Waals surface area contributed by atoms with Gasteiger partial charge in [0.2, 0.25) is 5.91 Å². The highest BCUT2D eigenvalue weighted by molar-refractivity contribution is 5.77. The van der Waals surface area contributed by atoms with Gasteiger partial charge in [-0.05, 0) is 89.9 Å². The van der Waals surface area contributed by atoms with Crippen LogP contribution in [0.2, 0.25) is 0 Å². The second-order valence-electron chi connectivity index (χ2n) is 21.1. The molecule has 0 aromatic carbocycles. The number of esters is 1. The maximum Gasteiger partial charge on any atom is 0.306 e. The Labute approximate surface area is 447 Å². The van der Waals surface area contributed by atoms with E-state index in [9.17, 15) is 19.8 Å². The Hall–Kier alpha value is -2.70. The van der Waals surface area contributed by atoms with Gasteiger partial charge in [-0.1, -0.05) is 280 Å². The number of allylic oxidation sites excluding steroid dienone is 12. The molecule has 0 aliphatic carbocycles. The quantitative estimate of drug-likeness (QED) is 0.0320. The highest BCUT2D eigenvalue weighted by atomic mass is 16.5. The molecule has 0 saturated carbocycles. The predicted molar refractivity (Wildman–Crippen MR) is 315 cm³/mol. The summed E-state index contributed by atoms with van der Waals surface area (Å²) in [6.07, 6.45) is 76.9. The molecule has 0 rings (SSSR count). The zero-order valence-electron chi connectivity index (χ0n) is 47.8. The van der Waals surface area contributed by atoms with Crippen LogP contribution in [0, 0.1) is 0 Å². The molecular weight excluding hydrogens is 887 g/mol. The van der Waals surface area contributed by atoms with Crippen LogP contribution >= 0.6 is 0 Å². The van der Waals surface area contributed by atoms with Crippen LogP contribution in [-0.2, 0) is 14.3 Å². The van der Waals surface area contributed by atoms with Crippen molar-refractivity contribution in [2.75, 3.05) is 6.61 Å². The Morgan fingerprint density at radius 2 is 0.764 bits per heavy atom. The summed E-state index contributed by atoms with van der Waals surface area (Å²) in [6, 6.07) is -0.724. The molecule has 72 heavy (non-hydrogen) atoms. The van der Waals surface area contributed by atoms with E-state index in [2.05, 4.69) is 99.0 Å². The van der Waals surface area contributed by atoms with Crippen molar-refractivity contribution in [2.45, 2.75) is 328 Å². The smallest absolute Gasteiger partial charge is 0.306 e. The Balaban J connectivity index is 4.61. The Morgan fingerprint density at radius 3 is 1.18 bits per heavy atom. The summed E-state index contributed by atoms with van der Waals surface area (Å²) in [5.74, 6) is -0.524. The summed E-state index contributed by atoms with van der Waals surface area (Å²) in [5, 5.41) is 23.9. The van der Waals surface area contributed by atoms with Crippen LogP contribution in [0.15, 0.2) is 72.9 Å². The lowest BCUT2D eigenvalue weighted by Crippen LogP contribution is -2.46. The van der Waals surface area contributed by atoms with Crippen molar-refractivity contribution >= 4 is 11.9 Å². The molecule has 0 bridgehead atoms. The average Bonchev–Trinajstić information content (AvgIpc) is 3.37. The van der Waals surface area contributed by atoms with E-state index < -0.39 is 18.2 Å². The molecule has 0 radical (unpaired) electrons. The van der Waals surface area contributed by atoms with E-state index in [-0.39, 0.29) is 24.9 Å². The van der Waals surface area contributed by atoms with Gasteiger partial charge < -0.3 is 20.3 Å². The maximum absolute atomic E-state index is 13.3. The van der Waals surface area contributed by atoms with Gasteiger partial charge in [-0.3, -0.25) is 9.59 Å². The predicted octanol–water partition coefficient (Wildman–Crippen LogP) is 19.7. The van der Waals surface area contributed by atoms with Crippen molar-refractivity contribution in [3.63, 3.8) is 0 Å². The van der Waals surface area contributed by atoms with Crippen LogP contribution in [0.3, 0.4) is 0 Å². The van der Waals surface area contributed by atoms with E-state index in [1.807, 2.05) is 0 Å². The van der Waals surface area contributed by atoms with Gasteiger partial charge in [-0.25, -0.2) is 0 Å². The number of aliphatic hydroxyl groups is 2. The highest BCUT2D eigenvalue weighted by Crippen LogP contribution is 2.18. The third-order valence-electron chi connectivity index (χ3n) is 14.0. The average molecular weight is 1010 g/mol. The molecule has 0 aromatic heterocycles. The first-order valence-electron chi connectivity index (χ1n) is 31.2. The summed E-state index contributed by atoms with van der Waals surface area (Å²) in [5.41, 5.74) is 0. The van der Waals surface area contributed by atoms with E-state index in [0.29, 0.717) is 19.3 Å². The molecule has 3 atom stereocenters. The lowest BCUT2D eigenvalue weighted by Gasteiger charge is -2.24. The normalized spacial score (nSPS) is 13.6. The lowest BCUT2D eigenvalue weighted by atomic mass is 10.0. The van der Waals surface area contributed by atoms with Gasteiger partial charge in [0, 0.05) is 6.42 Å². The molecule has 418 valence electrons. The molecule has 3 unspecified atom stereocenters. The van der Waals surface area contributed by atoms with Crippen LogP contribution in [-0.4, -0.2) is 46.9 Å². The van der Waals surface area contributed by atoms with Gasteiger partial charge in [0.25, 0.3) is 0 Å².